The number of aromatic nitrogens is 3. The molecule has 1 aromatic carbocycles. The van der Waals surface area contributed by atoms with Crippen LogP contribution in [0.3, 0.4) is 0 Å². The number of anilines is 2. The molecule has 1 saturated heterocycles. The molecule has 0 bridgehead atoms. The number of carbonyl (C=O) groups is 1. The Morgan fingerprint density at radius 2 is 1.84 bits per heavy atom. The second kappa shape index (κ2) is 7.60. The summed E-state index contributed by atoms with van der Waals surface area (Å²) in [5, 5.41) is 11.2. The molecule has 1 fully saturated rings. The van der Waals surface area contributed by atoms with Crippen LogP contribution >= 0.6 is 0 Å². The number of hydrogen-bond donors (Lipinski definition) is 1. The smallest absolute Gasteiger partial charge is 0.238 e. The number of amides is 1. The third-order valence-corrected chi connectivity index (χ3v) is 4.38. The Bertz CT molecular complexity index is 721. The first-order chi connectivity index (χ1) is 12.1. The van der Waals surface area contributed by atoms with E-state index in [0.29, 0.717) is 12.2 Å². The fourth-order valence-electron chi connectivity index (χ4n) is 3.02. The third kappa shape index (κ3) is 4.14. The maximum Gasteiger partial charge on any atom is 0.238 e. The first-order valence-corrected chi connectivity index (χ1v) is 8.49. The summed E-state index contributed by atoms with van der Waals surface area (Å²) in [6, 6.07) is 5.79. The number of rotatable bonds is 5. The van der Waals surface area contributed by atoms with Crippen LogP contribution in [0.5, 0.6) is 0 Å². The van der Waals surface area contributed by atoms with Crippen LogP contribution in [0.2, 0.25) is 0 Å². The van der Waals surface area contributed by atoms with Crippen molar-refractivity contribution in [3.05, 3.63) is 35.9 Å². The average molecular weight is 346 g/mol. The van der Waals surface area contributed by atoms with E-state index < -0.39 is 0 Å². The molecular formula is C17H23FN6O. The van der Waals surface area contributed by atoms with Crippen LogP contribution in [0.25, 0.3) is 0 Å². The summed E-state index contributed by atoms with van der Waals surface area (Å²) in [7, 11) is 0. The monoisotopic (exact) mass is 346 g/mol. The van der Waals surface area contributed by atoms with Crippen molar-refractivity contribution in [1.29, 1.82) is 0 Å². The van der Waals surface area contributed by atoms with E-state index in [1.54, 1.807) is 12.1 Å². The molecule has 0 atom stereocenters. The van der Waals surface area contributed by atoms with Crippen molar-refractivity contribution in [2.24, 2.45) is 0 Å². The van der Waals surface area contributed by atoms with Crippen LogP contribution < -0.4 is 10.2 Å². The quantitative estimate of drug-likeness (QED) is 0.889. The van der Waals surface area contributed by atoms with Gasteiger partial charge in [-0.3, -0.25) is 14.3 Å². The predicted octanol–water partition coefficient (Wildman–Crippen LogP) is 1.51. The summed E-state index contributed by atoms with van der Waals surface area (Å²) in [4.78, 5) is 16.4. The van der Waals surface area contributed by atoms with E-state index >= 15 is 0 Å². The van der Waals surface area contributed by atoms with Crippen LogP contribution in [-0.4, -0.2) is 58.3 Å². The summed E-state index contributed by atoms with van der Waals surface area (Å²) in [5.41, 5.74) is 0.608. The standard InChI is InChI=1S/C17H23FN6O/c1-3-24-13(2)20-21-17(24)23-10-8-22(9-11-23)12-16(25)19-15-6-4-14(18)5-7-15/h4-7H,3,8-12H2,1-2H3,(H,19,25). The molecule has 7 nitrogen and oxygen atoms in total. The molecule has 0 aliphatic carbocycles. The van der Waals surface area contributed by atoms with Gasteiger partial charge in [-0.05, 0) is 38.1 Å². The van der Waals surface area contributed by atoms with Gasteiger partial charge in [0.1, 0.15) is 11.6 Å². The van der Waals surface area contributed by atoms with E-state index in [9.17, 15) is 9.18 Å². The fraction of sp³-hybridized carbons (Fsp3) is 0.471. The summed E-state index contributed by atoms with van der Waals surface area (Å²) in [6.07, 6.45) is 0. The predicted molar refractivity (Wildman–Crippen MR) is 94.1 cm³/mol. The van der Waals surface area contributed by atoms with Gasteiger partial charge in [-0.15, -0.1) is 10.2 Å². The molecule has 2 aromatic rings. The van der Waals surface area contributed by atoms with Gasteiger partial charge in [0.05, 0.1) is 6.54 Å². The Hall–Kier alpha value is -2.48. The molecule has 1 amide bonds. The SMILES string of the molecule is CCn1c(C)nnc1N1CCN(CC(=O)Nc2ccc(F)cc2)CC1. The number of nitrogens with zero attached hydrogens (tertiary/aromatic N) is 5. The van der Waals surface area contributed by atoms with Gasteiger partial charge >= 0.3 is 0 Å². The maximum absolute atomic E-state index is 12.9. The number of piperazine rings is 1. The van der Waals surface area contributed by atoms with E-state index in [2.05, 4.69) is 36.8 Å². The number of hydrogen-bond acceptors (Lipinski definition) is 5. The molecule has 1 aliphatic rings. The van der Waals surface area contributed by atoms with Crippen molar-refractivity contribution in [2.45, 2.75) is 20.4 Å². The van der Waals surface area contributed by atoms with Crippen molar-refractivity contribution in [3.63, 3.8) is 0 Å². The zero-order valence-electron chi connectivity index (χ0n) is 14.6. The molecule has 134 valence electrons. The van der Waals surface area contributed by atoms with E-state index in [4.69, 9.17) is 0 Å². The molecule has 1 aromatic heterocycles. The van der Waals surface area contributed by atoms with Crippen molar-refractivity contribution < 1.29 is 9.18 Å². The van der Waals surface area contributed by atoms with E-state index in [-0.39, 0.29) is 11.7 Å². The lowest BCUT2D eigenvalue weighted by Gasteiger charge is -2.34. The summed E-state index contributed by atoms with van der Waals surface area (Å²) < 4.78 is 15.0. The highest BCUT2D eigenvalue weighted by atomic mass is 19.1. The molecule has 3 rings (SSSR count). The Balaban J connectivity index is 1.50. The highest BCUT2D eigenvalue weighted by molar-refractivity contribution is 5.92. The van der Waals surface area contributed by atoms with E-state index in [1.807, 2.05) is 6.92 Å². The number of halogens is 1. The summed E-state index contributed by atoms with van der Waals surface area (Å²) in [6.45, 7) is 8.38. The Labute approximate surface area is 146 Å². The lowest BCUT2D eigenvalue weighted by molar-refractivity contribution is -0.117. The third-order valence-electron chi connectivity index (χ3n) is 4.38. The maximum atomic E-state index is 12.9. The van der Waals surface area contributed by atoms with Crippen LogP contribution in [0.4, 0.5) is 16.0 Å². The van der Waals surface area contributed by atoms with Gasteiger partial charge in [-0.2, -0.15) is 0 Å². The molecule has 0 spiro atoms. The summed E-state index contributed by atoms with van der Waals surface area (Å²) in [5.74, 6) is 1.41. The Morgan fingerprint density at radius 1 is 1.16 bits per heavy atom. The molecule has 1 aliphatic heterocycles. The Morgan fingerprint density at radius 3 is 2.48 bits per heavy atom. The van der Waals surface area contributed by atoms with Gasteiger partial charge < -0.3 is 10.2 Å². The van der Waals surface area contributed by atoms with Crippen LogP contribution in [0.15, 0.2) is 24.3 Å². The zero-order valence-corrected chi connectivity index (χ0v) is 14.6. The number of nitrogens with one attached hydrogen (secondary N) is 1. The molecule has 0 radical (unpaired) electrons. The average Bonchev–Trinajstić information content (AvgIpc) is 2.98. The lowest BCUT2D eigenvalue weighted by Crippen LogP contribution is -2.49. The van der Waals surface area contributed by atoms with Gasteiger partial charge in [0.25, 0.3) is 0 Å². The number of carbonyl (C=O) groups excluding carboxylic acids is 1. The van der Waals surface area contributed by atoms with Gasteiger partial charge in [-0.25, -0.2) is 4.39 Å². The first-order valence-electron chi connectivity index (χ1n) is 8.49. The molecule has 2 heterocycles. The van der Waals surface area contributed by atoms with Gasteiger partial charge in [-0.1, -0.05) is 0 Å². The molecule has 8 heteroatoms. The minimum absolute atomic E-state index is 0.0902. The number of aryl methyl sites for hydroxylation is 1. The normalized spacial score (nSPS) is 15.4. The van der Waals surface area contributed by atoms with E-state index in [1.165, 1.54) is 12.1 Å². The largest absolute Gasteiger partial charge is 0.338 e. The molecule has 1 N–H and O–H groups in total. The van der Waals surface area contributed by atoms with Crippen LogP contribution in [-0.2, 0) is 11.3 Å². The molecule has 25 heavy (non-hydrogen) atoms. The highest BCUT2D eigenvalue weighted by Gasteiger charge is 2.22. The van der Waals surface area contributed by atoms with E-state index in [0.717, 1.165) is 44.5 Å². The van der Waals surface area contributed by atoms with Gasteiger partial charge in [0.2, 0.25) is 11.9 Å². The number of benzene rings is 1. The summed E-state index contributed by atoms with van der Waals surface area (Å²) >= 11 is 0. The second-order valence-corrected chi connectivity index (χ2v) is 6.11. The van der Waals surface area contributed by atoms with Crippen molar-refractivity contribution in [2.75, 3.05) is 42.9 Å². The fourth-order valence-corrected chi connectivity index (χ4v) is 3.02. The first kappa shape index (κ1) is 17.3. The van der Waals surface area contributed by atoms with Gasteiger partial charge in [0, 0.05) is 38.4 Å². The second-order valence-electron chi connectivity index (χ2n) is 6.11. The van der Waals surface area contributed by atoms with Crippen molar-refractivity contribution >= 4 is 17.5 Å². The van der Waals surface area contributed by atoms with Crippen molar-refractivity contribution in [1.82, 2.24) is 19.7 Å². The molecule has 0 unspecified atom stereocenters. The minimum Gasteiger partial charge on any atom is -0.338 e. The lowest BCUT2D eigenvalue weighted by atomic mass is 10.3. The van der Waals surface area contributed by atoms with Crippen LogP contribution in [0, 0.1) is 12.7 Å². The topological polar surface area (TPSA) is 66.3 Å². The highest BCUT2D eigenvalue weighted by Crippen LogP contribution is 2.15. The van der Waals surface area contributed by atoms with Gasteiger partial charge in [0.15, 0.2) is 0 Å². The van der Waals surface area contributed by atoms with Crippen molar-refractivity contribution in [3.8, 4) is 0 Å². The minimum atomic E-state index is -0.315. The molecular weight excluding hydrogens is 323 g/mol. The zero-order chi connectivity index (χ0) is 17.8. The Kier molecular flexibility index (Phi) is 5.28. The van der Waals surface area contributed by atoms with Crippen LogP contribution in [0.1, 0.15) is 12.7 Å². The molecule has 0 saturated carbocycles.